The molecule has 1 N–H and O–H groups in total. The van der Waals surface area contributed by atoms with Crippen LogP contribution in [0.3, 0.4) is 0 Å². The van der Waals surface area contributed by atoms with E-state index in [2.05, 4.69) is 10.3 Å². The molecule has 1 amide bonds. The second-order valence-electron chi connectivity index (χ2n) is 4.78. The third-order valence-electron chi connectivity index (χ3n) is 2.72. The van der Waals surface area contributed by atoms with Gasteiger partial charge in [-0.3, -0.25) is 4.79 Å². The molecule has 0 atom stereocenters. The zero-order valence-corrected chi connectivity index (χ0v) is 12.9. The number of para-hydroxylation sites is 2. The second kappa shape index (κ2) is 6.05. The lowest BCUT2D eigenvalue weighted by molar-refractivity contribution is 0.102. The minimum Gasteiger partial charge on any atom is -0.489 e. The van der Waals surface area contributed by atoms with Crippen molar-refractivity contribution in [2.75, 3.05) is 5.32 Å². The molecule has 0 saturated carbocycles. The Morgan fingerprint density at radius 2 is 2.00 bits per heavy atom. The Morgan fingerprint density at radius 3 is 2.60 bits per heavy atom. The van der Waals surface area contributed by atoms with E-state index >= 15 is 0 Å². The minimum atomic E-state index is -0.203. The van der Waals surface area contributed by atoms with Crippen LogP contribution in [0.25, 0.3) is 0 Å². The molecule has 0 fully saturated rings. The molecule has 0 aliphatic rings. The van der Waals surface area contributed by atoms with Gasteiger partial charge in [0, 0.05) is 4.88 Å². The number of anilines is 1. The van der Waals surface area contributed by atoms with Gasteiger partial charge in [-0.25, -0.2) is 4.98 Å². The summed E-state index contributed by atoms with van der Waals surface area (Å²) in [6, 6.07) is 7.41. The Balaban J connectivity index is 2.19. The molecular weight excluding hydrogens is 272 g/mol. The van der Waals surface area contributed by atoms with Gasteiger partial charge in [0.05, 0.1) is 17.5 Å². The van der Waals surface area contributed by atoms with Crippen LogP contribution in [-0.4, -0.2) is 17.0 Å². The molecule has 0 unspecified atom stereocenters. The smallest absolute Gasteiger partial charge is 0.284 e. The summed E-state index contributed by atoms with van der Waals surface area (Å²) in [4.78, 5) is 17.5. The maximum Gasteiger partial charge on any atom is 0.284 e. The van der Waals surface area contributed by atoms with Crippen molar-refractivity contribution < 1.29 is 9.53 Å². The predicted octanol–water partition coefficient (Wildman–Crippen LogP) is 3.80. The number of thiazole rings is 1. The van der Waals surface area contributed by atoms with Gasteiger partial charge in [0.25, 0.3) is 5.91 Å². The Labute approximate surface area is 122 Å². The van der Waals surface area contributed by atoms with Crippen molar-refractivity contribution >= 4 is 22.9 Å². The van der Waals surface area contributed by atoms with Crippen LogP contribution in [0.4, 0.5) is 5.69 Å². The van der Waals surface area contributed by atoms with Crippen molar-refractivity contribution in [3.05, 3.63) is 39.8 Å². The first-order valence-electron chi connectivity index (χ1n) is 6.48. The van der Waals surface area contributed by atoms with Crippen molar-refractivity contribution in [1.82, 2.24) is 4.98 Å². The molecule has 5 heteroatoms. The Kier molecular flexibility index (Phi) is 4.39. The molecule has 0 radical (unpaired) electrons. The fourth-order valence-electron chi connectivity index (χ4n) is 1.67. The number of ether oxygens (including phenoxy) is 1. The topological polar surface area (TPSA) is 51.2 Å². The highest BCUT2D eigenvalue weighted by Gasteiger charge is 2.14. The third-order valence-corrected chi connectivity index (χ3v) is 3.79. The fraction of sp³-hybridized carbons (Fsp3) is 0.333. The fourth-order valence-corrected chi connectivity index (χ4v) is 2.48. The monoisotopic (exact) mass is 290 g/mol. The van der Waals surface area contributed by atoms with E-state index < -0.39 is 0 Å². The Hall–Kier alpha value is -1.88. The standard InChI is InChI=1S/C15H18N2O2S/c1-9(2)19-13-8-6-5-7-12(13)17-14(18)15-16-10(3)11(4)20-15/h5-9H,1-4H3,(H,17,18). The second-order valence-corrected chi connectivity index (χ2v) is 5.98. The maximum absolute atomic E-state index is 12.2. The summed E-state index contributed by atoms with van der Waals surface area (Å²) >= 11 is 1.40. The van der Waals surface area contributed by atoms with Crippen LogP contribution < -0.4 is 10.1 Å². The zero-order chi connectivity index (χ0) is 14.7. The number of nitrogens with zero attached hydrogens (tertiary/aromatic N) is 1. The van der Waals surface area contributed by atoms with Gasteiger partial charge in [0.15, 0.2) is 5.01 Å². The van der Waals surface area contributed by atoms with Crippen molar-refractivity contribution in [2.45, 2.75) is 33.8 Å². The van der Waals surface area contributed by atoms with Gasteiger partial charge in [-0.1, -0.05) is 12.1 Å². The molecule has 106 valence electrons. The SMILES string of the molecule is Cc1nc(C(=O)Nc2ccccc2OC(C)C)sc1C. The van der Waals surface area contributed by atoms with E-state index in [4.69, 9.17) is 4.74 Å². The average Bonchev–Trinajstić information content (AvgIpc) is 2.71. The van der Waals surface area contributed by atoms with E-state index in [1.165, 1.54) is 11.3 Å². The third kappa shape index (κ3) is 3.36. The molecule has 0 aliphatic heterocycles. The first-order valence-corrected chi connectivity index (χ1v) is 7.30. The van der Waals surface area contributed by atoms with E-state index in [9.17, 15) is 4.79 Å². The molecule has 0 spiro atoms. The van der Waals surface area contributed by atoms with E-state index in [-0.39, 0.29) is 12.0 Å². The van der Waals surface area contributed by atoms with Gasteiger partial charge < -0.3 is 10.1 Å². The number of aromatic nitrogens is 1. The average molecular weight is 290 g/mol. The number of hydrogen-bond donors (Lipinski definition) is 1. The molecule has 1 aromatic heterocycles. The van der Waals surface area contributed by atoms with Crippen LogP contribution in [0.2, 0.25) is 0 Å². The van der Waals surface area contributed by atoms with E-state index in [0.717, 1.165) is 10.6 Å². The molecule has 20 heavy (non-hydrogen) atoms. The Morgan fingerprint density at radius 1 is 1.30 bits per heavy atom. The highest BCUT2D eigenvalue weighted by molar-refractivity contribution is 7.13. The number of hydrogen-bond acceptors (Lipinski definition) is 4. The van der Waals surface area contributed by atoms with Gasteiger partial charge in [-0.15, -0.1) is 11.3 Å². The molecule has 0 aliphatic carbocycles. The quantitative estimate of drug-likeness (QED) is 0.931. The Bertz CT molecular complexity index is 601. The first-order chi connectivity index (χ1) is 9.47. The summed E-state index contributed by atoms with van der Waals surface area (Å²) in [5.74, 6) is 0.465. The summed E-state index contributed by atoms with van der Waals surface area (Å²) in [6.45, 7) is 7.76. The van der Waals surface area contributed by atoms with Gasteiger partial charge >= 0.3 is 0 Å². The lowest BCUT2D eigenvalue weighted by Gasteiger charge is -2.14. The summed E-state index contributed by atoms with van der Waals surface area (Å²) in [5.41, 5.74) is 1.56. The molecule has 4 nitrogen and oxygen atoms in total. The number of benzene rings is 1. The lowest BCUT2D eigenvalue weighted by atomic mass is 10.3. The van der Waals surface area contributed by atoms with Crippen molar-refractivity contribution in [3.63, 3.8) is 0 Å². The number of amides is 1. The molecule has 0 saturated heterocycles. The predicted molar refractivity (Wildman–Crippen MR) is 81.7 cm³/mol. The number of rotatable bonds is 4. The zero-order valence-electron chi connectivity index (χ0n) is 12.1. The number of carbonyl (C=O) groups excluding carboxylic acids is 1. The number of nitrogens with one attached hydrogen (secondary N) is 1. The van der Waals surface area contributed by atoms with E-state index in [0.29, 0.717) is 16.4 Å². The maximum atomic E-state index is 12.2. The van der Waals surface area contributed by atoms with Crippen LogP contribution in [0, 0.1) is 13.8 Å². The van der Waals surface area contributed by atoms with Crippen molar-refractivity contribution in [1.29, 1.82) is 0 Å². The van der Waals surface area contributed by atoms with Gasteiger partial charge in [-0.05, 0) is 39.8 Å². The van der Waals surface area contributed by atoms with Crippen molar-refractivity contribution in [3.8, 4) is 5.75 Å². The van der Waals surface area contributed by atoms with Crippen LogP contribution in [0.1, 0.15) is 34.2 Å². The molecular formula is C15H18N2O2S. The normalized spacial score (nSPS) is 10.7. The number of aryl methyl sites for hydroxylation is 2. The van der Waals surface area contributed by atoms with E-state index in [1.807, 2.05) is 52.0 Å². The molecule has 2 aromatic rings. The molecule has 0 bridgehead atoms. The first kappa shape index (κ1) is 14.5. The highest BCUT2D eigenvalue weighted by Crippen LogP contribution is 2.26. The summed E-state index contributed by atoms with van der Waals surface area (Å²) in [6.07, 6.45) is 0.0532. The van der Waals surface area contributed by atoms with Crippen LogP contribution in [-0.2, 0) is 0 Å². The summed E-state index contributed by atoms with van der Waals surface area (Å²) in [7, 11) is 0. The minimum absolute atomic E-state index is 0.0532. The van der Waals surface area contributed by atoms with Gasteiger partial charge in [0.2, 0.25) is 0 Å². The highest BCUT2D eigenvalue weighted by atomic mass is 32.1. The number of carbonyl (C=O) groups is 1. The lowest BCUT2D eigenvalue weighted by Crippen LogP contribution is -2.14. The van der Waals surface area contributed by atoms with E-state index in [1.54, 1.807) is 0 Å². The molecule has 2 rings (SSSR count). The van der Waals surface area contributed by atoms with Crippen LogP contribution >= 0.6 is 11.3 Å². The molecule has 1 aromatic carbocycles. The largest absolute Gasteiger partial charge is 0.489 e. The summed E-state index contributed by atoms with van der Waals surface area (Å²) in [5, 5.41) is 3.33. The van der Waals surface area contributed by atoms with Crippen LogP contribution in [0.15, 0.2) is 24.3 Å². The van der Waals surface area contributed by atoms with Crippen molar-refractivity contribution in [2.24, 2.45) is 0 Å². The summed E-state index contributed by atoms with van der Waals surface area (Å²) < 4.78 is 5.68. The molecule has 1 heterocycles. The van der Waals surface area contributed by atoms with Gasteiger partial charge in [0.1, 0.15) is 5.75 Å². The van der Waals surface area contributed by atoms with Crippen LogP contribution in [0.5, 0.6) is 5.75 Å². The van der Waals surface area contributed by atoms with Gasteiger partial charge in [-0.2, -0.15) is 0 Å².